The van der Waals surface area contributed by atoms with Gasteiger partial charge in [-0.25, -0.2) is 9.97 Å². The molecule has 0 aromatic carbocycles. The molecule has 6 heteroatoms. The van der Waals surface area contributed by atoms with Crippen LogP contribution in [-0.2, 0) is 4.74 Å². The molecular weight excluding hydrogens is 260 g/mol. The van der Waals surface area contributed by atoms with E-state index in [-0.39, 0.29) is 4.99 Å². The summed E-state index contributed by atoms with van der Waals surface area (Å²) >= 11 is 4.90. The molecule has 1 aliphatic heterocycles. The van der Waals surface area contributed by atoms with Gasteiger partial charge < -0.3 is 15.4 Å². The van der Waals surface area contributed by atoms with E-state index in [4.69, 9.17) is 22.7 Å². The van der Waals surface area contributed by atoms with Gasteiger partial charge in [-0.05, 0) is 12.8 Å². The average Bonchev–Trinajstić information content (AvgIpc) is 2.47. The minimum absolute atomic E-state index is 0.288. The maximum absolute atomic E-state index is 5.86. The first-order valence-electron chi connectivity index (χ1n) is 6.76. The van der Waals surface area contributed by atoms with E-state index in [9.17, 15) is 0 Å². The predicted octanol–water partition coefficient (Wildman–Crippen LogP) is 1.26. The monoisotopic (exact) mass is 278 g/mol. The Hall–Kier alpha value is -1.27. The second-order valence-electron chi connectivity index (χ2n) is 5.08. The van der Waals surface area contributed by atoms with Crippen molar-refractivity contribution < 1.29 is 4.74 Å². The fourth-order valence-electron chi connectivity index (χ4n) is 2.98. The van der Waals surface area contributed by atoms with Gasteiger partial charge in [0.1, 0.15) is 16.5 Å². The minimum atomic E-state index is 0.288. The lowest BCUT2D eigenvalue weighted by Gasteiger charge is -2.44. The molecule has 2 fully saturated rings. The lowest BCUT2D eigenvalue weighted by Crippen LogP contribution is -2.53. The van der Waals surface area contributed by atoms with Gasteiger partial charge in [0.2, 0.25) is 0 Å². The molecule has 1 saturated heterocycles. The lowest BCUT2D eigenvalue weighted by atomic mass is 9.90. The molecule has 0 spiro atoms. The van der Waals surface area contributed by atoms with E-state index >= 15 is 0 Å². The van der Waals surface area contributed by atoms with Crippen molar-refractivity contribution in [2.24, 2.45) is 5.73 Å². The summed E-state index contributed by atoms with van der Waals surface area (Å²) in [6, 6.07) is 0.437. The van der Waals surface area contributed by atoms with E-state index in [1.807, 2.05) is 0 Å². The number of nitrogens with zero attached hydrogens (tertiary/aromatic N) is 3. The maximum Gasteiger partial charge on any atom is 0.147 e. The fraction of sp³-hybridized carbons (Fsp3) is 0.615. The molecule has 1 aromatic rings. The number of hydrogen-bond donors (Lipinski definition) is 1. The quantitative estimate of drug-likeness (QED) is 0.822. The highest BCUT2D eigenvalue weighted by Gasteiger charge is 2.34. The molecule has 3 rings (SSSR count). The van der Waals surface area contributed by atoms with Gasteiger partial charge >= 0.3 is 0 Å². The number of nitrogens with two attached hydrogens (primary N) is 1. The summed E-state index contributed by atoms with van der Waals surface area (Å²) in [5, 5.41) is 0. The molecule has 102 valence electrons. The van der Waals surface area contributed by atoms with E-state index in [1.54, 1.807) is 12.4 Å². The Morgan fingerprint density at radius 1 is 1.32 bits per heavy atom. The Labute approximate surface area is 118 Å². The fourth-order valence-corrected chi connectivity index (χ4v) is 3.08. The number of anilines is 1. The Kier molecular flexibility index (Phi) is 3.61. The van der Waals surface area contributed by atoms with E-state index in [2.05, 4.69) is 14.9 Å². The van der Waals surface area contributed by atoms with Gasteiger partial charge in [0.05, 0.1) is 31.1 Å². The number of ether oxygens (including phenoxy) is 1. The van der Waals surface area contributed by atoms with E-state index in [0.29, 0.717) is 17.8 Å². The van der Waals surface area contributed by atoms with Gasteiger partial charge in [0.15, 0.2) is 0 Å². The van der Waals surface area contributed by atoms with Crippen molar-refractivity contribution in [3.63, 3.8) is 0 Å². The number of fused-ring (bicyclic) bond motifs is 1. The van der Waals surface area contributed by atoms with Crippen LogP contribution in [-0.4, -0.2) is 40.3 Å². The molecule has 0 amide bonds. The van der Waals surface area contributed by atoms with Crippen molar-refractivity contribution >= 4 is 23.0 Å². The Balaban J connectivity index is 1.81. The summed E-state index contributed by atoms with van der Waals surface area (Å²) < 4.78 is 5.86. The van der Waals surface area contributed by atoms with Crippen molar-refractivity contribution in [3.05, 3.63) is 18.1 Å². The molecule has 2 aliphatic rings. The minimum Gasteiger partial charge on any atom is -0.388 e. The molecular formula is C13H18N4OS. The van der Waals surface area contributed by atoms with Gasteiger partial charge in [-0.1, -0.05) is 25.1 Å². The highest BCUT2D eigenvalue weighted by Crippen LogP contribution is 2.30. The van der Waals surface area contributed by atoms with E-state index in [0.717, 1.165) is 25.4 Å². The number of aromatic nitrogens is 2. The average molecular weight is 278 g/mol. The summed E-state index contributed by atoms with van der Waals surface area (Å²) in [5.41, 5.74) is 6.12. The maximum atomic E-state index is 5.86. The number of rotatable bonds is 2. The number of morpholine rings is 1. The second-order valence-corrected chi connectivity index (χ2v) is 5.52. The van der Waals surface area contributed by atoms with Crippen LogP contribution < -0.4 is 10.6 Å². The van der Waals surface area contributed by atoms with Crippen molar-refractivity contribution in [1.82, 2.24) is 9.97 Å². The van der Waals surface area contributed by atoms with Crippen LogP contribution in [0, 0.1) is 0 Å². The first kappa shape index (κ1) is 12.7. The Morgan fingerprint density at radius 2 is 2.16 bits per heavy atom. The second kappa shape index (κ2) is 5.38. The molecule has 2 atom stereocenters. The van der Waals surface area contributed by atoms with Crippen LogP contribution in [0.25, 0.3) is 0 Å². The topological polar surface area (TPSA) is 64.3 Å². The lowest BCUT2D eigenvalue weighted by molar-refractivity contribution is -0.00901. The zero-order valence-corrected chi connectivity index (χ0v) is 11.6. The van der Waals surface area contributed by atoms with E-state index in [1.165, 1.54) is 19.3 Å². The van der Waals surface area contributed by atoms with Crippen LogP contribution in [0.15, 0.2) is 12.4 Å². The van der Waals surface area contributed by atoms with E-state index < -0.39 is 0 Å². The largest absolute Gasteiger partial charge is 0.388 e. The SMILES string of the molecule is NC(=S)c1cnc(N2CCOC3CCCCC32)cn1. The van der Waals surface area contributed by atoms with Gasteiger partial charge in [-0.3, -0.25) is 0 Å². The Bertz CT molecular complexity index is 462. The molecule has 0 bridgehead atoms. The van der Waals surface area contributed by atoms with Crippen molar-refractivity contribution in [2.45, 2.75) is 37.8 Å². The molecule has 2 N–H and O–H groups in total. The normalized spacial score (nSPS) is 26.8. The van der Waals surface area contributed by atoms with Gasteiger partial charge in [-0.15, -0.1) is 0 Å². The van der Waals surface area contributed by atoms with Crippen LogP contribution >= 0.6 is 12.2 Å². The van der Waals surface area contributed by atoms with Gasteiger partial charge in [0.25, 0.3) is 0 Å². The van der Waals surface area contributed by atoms with Crippen LogP contribution in [0.4, 0.5) is 5.82 Å². The van der Waals surface area contributed by atoms with Crippen LogP contribution in [0.2, 0.25) is 0 Å². The Morgan fingerprint density at radius 3 is 2.89 bits per heavy atom. The summed E-state index contributed by atoms with van der Waals surface area (Å²) in [5.74, 6) is 0.903. The summed E-state index contributed by atoms with van der Waals surface area (Å²) in [6.45, 7) is 1.64. The van der Waals surface area contributed by atoms with Crippen molar-refractivity contribution in [3.8, 4) is 0 Å². The van der Waals surface area contributed by atoms with Gasteiger partial charge in [-0.2, -0.15) is 0 Å². The summed E-state index contributed by atoms with van der Waals surface area (Å²) in [6.07, 6.45) is 8.62. The predicted molar refractivity (Wildman–Crippen MR) is 77.3 cm³/mol. The highest BCUT2D eigenvalue weighted by atomic mass is 32.1. The standard InChI is InChI=1S/C13H18N4OS/c14-13(19)9-7-16-12(8-15-9)17-5-6-18-11-4-2-1-3-10(11)17/h7-8,10-11H,1-6H2,(H2,14,19). The molecule has 2 heterocycles. The molecule has 5 nitrogen and oxygen atoms in total. The summed E-state index contributed by atoms with van der Waals surface area (Å²) in [4.78, 5) is 11.3. The molecule has 19 heavy (non-hydrogen) atoms. The van der Waals surface area contributed by atoms with Crippen molar-refractivity contribution in [1.29, 1.82) is 0 Å². The first-order valence-corrected chi connectivity index (χ1v) is 7.16. The third-order valence-electron chi connectivity index (χ3n) is 3.92. The third-order valence-corrected chi connectivity index (χ3v) is 4.13. The van der Waals surface area contributed by atoms with Gasteiger partial charge in [0, 0.05) is 6.54 Å². The number of hydrogen-bond acceptors (Lipinski definition) is 5. The molecule has 1 aromatic heterocycles. The molecule has 1 aliphatic carbocycles. The van der Waals surface area contributed by atoms with Crippen LogP contribution in [0.5, 0.6) is 0 Å². The highest BCUT2D eigenvalue weighted by molar-refractivity contribution is 7.80. The van der Waals surface area contributed by atoms with Crippen LogP contribution in [0.1, 0.15) is 31.4 Å². The number of thiocarbonyl (C=S) groups is 1. The zero-order valence-electron chi connectivity index (χ0n) is 10.8. The summed E-state index contributed by atoms with van der Waals surface area (Å²) in [7, 11) is 0. The van der Waals surface area contributed by atoms with Crippen molar-refractivity contribution in [2.75, 3.05) is 18.1 Å². The first-order chi connectivity index (χ1) is 9.25. The van der Waals surface area contributed by atoms with Crippen LogP contribution in [0.3, 0.4) is 0 Å². The molecule has 1 saturated carbocycles. The molecule has 2 unspecified atom stereocenters. The molecule has 0 radical (unpaired) electrons. The zero-order chi connectivity index (χ0) is 13.2. The smallest absolute Gasteiger partial charge is 0.147 e. The third kappa shape index (κ3) is 2.55.